The van der Waals surface area contributed by atoms with Gasteiger partial charge in [0.1, 0.15) is 18.1 Å². The molecule has 0 spiro atoms. The molecule has 0 saturated carbocycles. The van der Waals surface area contributed by atoms with Crippen LogP contribution in [-0.4, -0.2) is 35.0 Å². The number of hydrogen-bond donors (Lipinski definition) is 1. The number of halogens is 4. The molecule has 10 heteroatoms. The molecule has 0 aliphatic rings. The van der Waals surface area contributed by atoms with Gasteiger partial charge in [0, 0.05) is 13.1 Å². The van der Waals surface area contributed by atoms with Crippen LogP contribution in [-0.2, 0) is 28.9 Å². The number of nitrogens with one attached hydrogen (secondary N) is 1. The Kier molecular flexibility index (Phi) is 8.76. The van der Waals surface area contributed by atoms with Crippen molar-refractivity contribution in [1.29, 1.82) is 0 Å². The molecule has 0 heterocycles. The van der Waals surface area contributed by atoms with Crippen LogP contribution in [0.3, 0.4) is 0 Å². The fourth-order valence-corrected chi connectivity index (χ4v) is 4.44. The van der Waals surface area contributed by atoms with Gasteiger partial charge in [-0.3, -0.25) is 4.79 Å². The number of amides is 1. The molecule has 0 aliphatic heterocycles. The first-order chi connectivity index (χ1) is 16.6. The van der Waals surface area contributed by atoms with Gasteiger partial charge in [0.05, 0.1) is 24.0 Å². The van der Waals surface area contributed by atoms with E-state index in [1.165, 1.54) is 47.8 Å². The summed E-state index contributed by atoms with van der Waals surface area (Å²) in [5.74, 6) is -0.332. The van der Waals surface area contributed by atoms with E-state index in [1.807, 2.05) is 0 Å². The highest BCUT2D eigenvalue weighted by Gasteiger charge is 2.30. The third-order valence-electron chi connectivity index (χ3n) is 5.16. The molecule has 0 fully saturated rings. The van der Waals surface area contributed by atoms with Crippen LogP contribution in [0.5, 0.6) is 5.75 Å². The lowest BCUT2D eigenvalue weighted by Gasteiger charge is -2.22. The maximum atomic E-state index is 13.1. The van der Waals surface area contributed by atoms with Crippen LogP contribution in [0.25, 0.3) is 11.1 Å². The van der Waals surface area contributed by atoms with Crippen LogP contribution in [0.1, 0.15) is 18.1 Å². The minimum atomic E-state index is -4.42. The van der Waals surface area contributed by atoms with Gasteiger partial charge >= 0.3 is 6.18 Å². The number of benzene rings is 3. The average Bonchev–Trinajstić information content (AvgIpc) is 2.85. The first kappa shape index (κ1) is 26.5. The molecule has 1 N–H and O–H groups in total. The number of rotatable bonds is 9. The van der Waals surface area contributed by atoms with Gasteiger partial charge in [0.25, 0.3) is 0 Å². The molecule has 0 aliphatic carbocycles. The highest BCUT2D eigenvalue weighted by atomic mass is 32.2. The van der Waals surface area contributed by atoms with E-state index in [0.29, 0.717) is 33.9 Å². The van der Waals surface area contributed by atoms with Crippen LogP contribution in [0, 0.1) is 5.82 Å². The Morgan fingerprint density at radius 3 is 2.26 bits per heavy atom. The molecule has 3 rings (SSSR count). The Labute approximate surface area is 204 Å². The van der Waals surface area contributed by atoms with Gasteiger partial charge in [0.15, 0.2) is 4.90 Å². The molecule has 5 nitrogen and oxygen atoms in total. The SMILES string of the molecule is CCN(CC(=O)NCc1cc(OC)cc(-c2ccc(C(F)(F)F)cc2)c1)[S+]([O-])c1ccc(F)cc1. The summed E-state index contributed by atoms with van der Waals surface area (Å²) in [4.78, 5) is 12.9. The van der Waals surface area contributed by atoms with Crippen molar-refractivity contribution >= 4 is 17.3 Å². The second kappa shape index (κ2) is 11.6. The molecule has 35 heavy (non-hydrogen) atoms. The lowest BCUT2D eigenvalue weighted by atomic mass is 10.0. The number of ether oxygens (including phenoxy) is 1. The van der Waals surface area contributed by atoms with Crippen molar-refractivity contribution in [1.82, 2.24) is 9.62 Å². The van der Waals surface area contributed by atoms with Gasteiger partial charge < -0.3 is 14.6 Å². The quantitative estimate of drug-likeness (QED) is 0.320. The average molecular weight is 509 g/mol. The Morgan fingerprint density at radius 2 is 1.69 bits per heavy atom. The van der Waals surface area contributed by atoms with Crippen molar-refractivity contribution in [3.8, 4) is 16.9 Å². The first-order valence-corrected chi connectivity index (χ1v) is 11.8. The van der Waals surface area contributed by atoms with E-state index < -0.39 is 28.9 Å². The van der Waals surface area contributed by atoms with Crippen LogP contribution < -0.4 is 10.1 Å². The highest BCUT2D eigenvalue weighted by Crippen LogP contribution is 2.32. The molecule has 3 aromatic carbocycles. The van der Waals surface area contributed by atoms with Gasteiger partial charge in [-0.1, -0.05) is 12.1 Å². The summed E-state index contributed by atoms with van der Waals surface area (Å²) >= 11 is -1.63. The third-order valence-corrected chi connectivity index (χ3v) is 6.69. The van der Waals surface area contributed by atoms with Crippen molar-refractivity contribution in [2.45, 2.75) is 24.5 Å². The van der Waals surface area contributed by atoms with Crippen molar-refractivity contribution in [3.05, 3.63) is 83.7 Å². The van der Waals surface area contributed by atoms with Gasteiger partial charge in [-0.05, 0) is 78.2 Å². The Morgan fingerprint density at radius 1 is 1.03 bits per heavy atom. The zero-order valence-corrected chi connectivity index (χ0v) is 19.9. The van der Waals surface area contributed by atoms with Crippen LogP contribution in [0.4, 0.5) is 17.6 Å². The molecule has 0 aromatic heterocycles. The molecule has 186 valence electrons. The lowest BCUT2D eigenvalue weighted by molar-refractivity contribution is -0.137. The summed E-state index contributed by atoms with van der Waals surface area (Å²) in [5, 5.41) is 2.76. The summed E-state index contributed by atoms with van der Waals surface area (Å²) in [6.45, 7) is 2.07. The van der Waals surface area contributed by atoms with Crippen molar-refractivity contribution < 1.29 is 31.6 Å². The summed E-state index contributed by atoms with van der Waals surface area (Å²) in [5.41, 5.74) is 1.14. The molecule has 3 aromatic rings. The highest BCUT2D eigenvalue weighted by molar-refractivity contribution is 7.89. The van der Waals surface area contributed by atoms with E-state index in [4.69, 9.17) is 4.74 Å². The second-order valence-electron chi connectivity index (χ2n) is 7.58. The van der Waals surface area contributed by atoms with Crippen molar-refractivity contribution in [3.63, 3.8) is 0 Å². The summed E-state index contributed by atoms with van der Waals surface area (Å²) < 4.78 is 71.2. The Balaban J connectivity index is 1.68. The smallest absolute Gasteiger partial charge is 0.416 e. The number of likely N-dealkylation sites (N-methyl/N-ethyl adjacent to an activating group) is 1. The van der Waals surface area contributed by atoms with Crippen molar-refractivity contribution in [2.24, 2.45) is 0 Å². The Hall–Kier alpha value is -3.08. The molecular formula is C25H24F4N2O3S. The Bertz CT molecular complexity index is 1140. The zero-order valence-electron chi connectivity index (χ0n) is 19.1. The summed E-state index contributed by atoms with van der Waals surface area (Å²) in [6, 6.07) is 15.2. The lowest BCUT2D eigenvalue weighted by Crippen LogP contribution is -2.40. The van der Waals surface area contributed by atoms with Crippen LogP contribution in [0.2, 0.25) is 0 Å². The number of hydrogen-bond acceptors (Lipinski definition) is 4. The number of carbonyl (C=O) groups is 1. The second-order valence-corrected chi connectivity index (χ2v) is 9.07. The normalized spacial score (nSPS) is 12.5. The summed E-state index contributed by atoms with van der Waals surface area (Å²) in [7, 11) is 1.47. The third kappa shape index (κ3) is 7.20. The fourth-order valence-electron chi connectivity index (χ4n) is 3.30. The predicted octanol–water partition coefficient (Wildman–Crippen LogP) is 5.18. The van der Waals surface area contributed by atoms with E-state index >= 15 is 0 Å². The van der Waals surface area contributed by atoms with E-state index in [2.05, 4.69) is 5.32 Å². The zero-order chi connectivity index (χ0) is 25.6. The standard InChI is InChI=1S/C25H24F4N2O3S/c1-3-31(35(33)23-10-8-21(26)9-11-23)16-24(32)30-15-17-12-19(14-22(13-17)34-2)18-4-6-20(7-5-18)25(27,28)29/h4-14H,3,15-16H2,1-2H3,(H,30,32). The topological polar surface area (TPSA) is 64.6 Å². The van der Waals surface area contributed by atoms with E-state index in [9.17, 15) is 26.9 Å². The van der Waals surface area contributed by atoms with E-state index in [0.717, 1.165) is 12.1 Å². The number of methoxy groups -OCH3 is 1. The van der Waals surface area contributed by atoms with Crippen LogP contribution >= 0.6 is 0 Å². The minimum absolute atomic E-state index is 0.129. The van der Waals surface area contributed by atoms with Crippen molar-refractivity contribution in [2.75, 3.05) is 20.2 Å². The molecule has 0 saturated heterocycles. The van der Waals surface area contributed by atoms with Gasteiger partial charge in [0.2, 0.25) is 5.91 Å². The maximum Gasteiger partial charge on any atom is 0.416 e. The number of alkyl halides is 3. The minimum Gasteiger partial charge on any atom is -0.593 e. The summed E-state index contributed by atoms with van der Waals surface area (Å²) in [6.07, 6.45) is -4.42. The fraction of sp³-hybridized carbons (Fsp3) is 0.240. The molecular weight excluding hydrogens is 484 g/mol. The van der Waals surface area contributed by atoms with Gasteiger partial charge in [-0.15, -0.1) is 4.31 Å². The monoisotopic (exact) mass is 508 g/mol. The first-order valence-electron chi connectivity index (χ1n) is 10.7. The van der Waals surface area contributed by atoms with Gasteiger partial charge in [-0.25, -0.2) is 4.39 Å². The van der Waals surface area contributed by atoms with E-state index in [1.54, 1.807) is 25.1 Å². The molecule has 1 unspecified atom stereocenters. The molecule has 0 radical (unpaired) electrons. The molecule has 1 amide bonds. The predicted molar refractivity (Wildman–Crippen MR) is 125 cm³/mol. The number of carbonyl (C=O) groups excluding carboxylic acids is 1. The number of nitrogens with zero attached hydrogens (tertiary/aromatic N) is 1. The molecule has 1 atom stereocenters. The van der Waals surface area contributed by atoms with E-state index in [-0.39, 0.29) is 19.0 Å². The van der Waals surface area contributed by atoms with Crippen LogP contribution in [0.15, 0.2) is 71.6 Å². The molecule has 0 bridgehead atoms. The van der Waals surface area contributed by atoms with Gasteiger partial charge in [-0.2, -0.15) is 13.2 Å². The largest absolute Gasteiger partial charge is 0.593 e. The maximum absolute atomic E-state index is 13.1.